The molecule has 0 saturated carbocycles. The van der Waals surface area contributed by atoms with E-state index in [4.69, 9.17) is 14.5 Å². The van der Waals surface area contributed by atoms with E-state index in [1.54, 1.807) is 0 Å². The van der Waals surface area contributed by atoms with Crippen LogP contribution in [0.1, 0.15) is 63.5 Å². The molecule has 1 atom stereocenters. The second kappa shape index (κ2) is 15.9. The Labute approximate surface area is 211 Å². The number of likely N-dealkylation sites (tertiary alicyclic amines) is 1. The van der Waals surface area contributed by atoms with Gasteiger partial charge in [-0.3, -0.25) is 4.90 Å². The number of rotatable bonds is 10. The van der Waals surface area contributed by atoms with Crippen molar-refractivity contribution < 1.29 is 9.47 Å². The van der Waals surface area contributed by atoms with Gasteiger partial charge in [-0.2, -0.15) is 0 Å². The Morgan fingerprint density at radius 1 is 1.12 bits per heavy atom. The summed E-state index contributed by atoms with van der Waals surface area (Å²) in [7, 11) is 0. The molecule has 0 bridgehead atoms. The minimum absolute atomic E-state index is 0. The van der Waals surface area contributed by atoms with Crippen LogP contribution in [0.3, 0.4) is 0 Å². The molecule has 0 aromatic heterocycles. The first-order chi connectivity index (χ1) is 15.3. The van der Waals surface area contributed by atoms with E-state index in [-0.39, 0.29) is 24.0 Å². The molecule has 2 aliphatic heterocycles. The highest BCUT2D eigenvalue weighted by Gasteiger charge is 2.20. The molecule has 1 unspecified atom stereocenters. The highest BCUT2D eigenvalue weighted by molar-refractivity contribution is 14.0. The van der Waals surface area contributed by atoms with Crippen molar-refractivity contribution in [3.8, 4) is 0 Å². The van der Waals surface area contributed by atoms with Gasteiger partial charge in [-0.1, -0.05) is 37.6 Å². The Kier molecular flexibility index (Phi) is 13.5. The number of guanidine groups is 1. The van der Waals surface area contributed by atoms with Crippen LogP contribution in [-0.4, -0.2) is 62.4 Å². The van der Waals surface area contributed by atoms with Crippen LogP contribution >= 0.6 is 24.0 Å². The maximum Gasteiger partial charge on any atom is 0.191 e. The summed E-state index contributed by atoms with van der Waals surface area (Å²) in [4.78, 5) is 7.46. The molecule has 1 aromatic carbocycles. The monoisotopic (exact) mass is 558 g/mol. The van der Waals surface area contributed by atoms with Gasteiger partial charge in [-0.25, -0.2) is 4.99 Å². The molecule has 2 aliphatic rings. The molecule has 2 N–H and O–H groups in total. The zero-order valence-electron chi connectivity index (χ0n) is 20.0. The smallest absolute Gasteiger partial charge is 0.191 e. The van der Waals surface area contributed by atoms with Crippen molar-refractivity contribution in [2.45, 2.75) is 77.7 Å². The lowest BCUT2D eigenvalue weighted by molar-refractivity contribution is -0.0390. The van der Waals surface area contributed by atoms with Crippen molar-refractivity contribution in [2.24, 2.45) is 4.99 Å². The van der Waals surface area contributed by atoms with Gasteiger partial charge in [0.25, 0.3) is 0 Å². The number of aliphatic imine (C=N–C) groups is 1. The molecule has 3 rings (SSSR count). The highest BCUT2D eigenvalue weighted by Crippen LogP contribution is 2.18. The van der Waals surface area contributed by atoms with Crippen molar-refractivity contribution >= 4 is 29.9 Å². The normalized spacial score (nSPS) is 20.6. The van der Waals surface area contributed by atoms with E-state index in [0.717, 1.165) is 57.7 Å². The number of nitrogens with one attached hydrogen (secondary N) is 2. The van der Waals surface area contributed by atoms with Gasteiger partial charge in [-0.05, 0) is 56.7 Å². The quantitative estimate of drug-likeness (QED) is 0.255. The molecular weight excluding hydrogens is 515 g/mol. The van der Waals surface area contributed by atoms with E-state index in [1.165, 1.54) is 43.4 Å². The molecule has 0 radical (unpaired) electrons. The third-order valence-electron chi connectivity index (χ3n) is 6.32. The van der Waals surface area contributed by atoms with E-state index >= 15 is 0 Å². The fourth-order valence-corrected chi connectivity index (χ4v) is 4.52. The van der Waals surface area contributed by atoms with E-state index < -0.39 is 0 Å². The lowest BCUT2D eigenvalue weighted by Crippen LogP contribution is -2.45. The summed E-state index contributed by atoms with van der Waals surface area (Å²) in [6.45, 7) is 11.5. The Hall–Kier alpha value is -0.900. The van der Waals surface area contributed by atoms with Crippen molar-refractivity contribution in [3.63, 3.8) is 0 Å². The zero-order chi connectivity index (χ0) is 21.7. The van der Waals surface area contributed by atoms with Gasteiger partial charge in [0.15, 0.2) is 5.96 Å². The number of hydrogen-bond donors (Lipinski definition) is 2. The topological polar surface area (TPSA) is 58.1 Å². The lowest BCUT2D eigenvalue weighted by atomic mass is 10.0. The third-order valence-corrected chi connectivity index (χ3v) is 6.32. The van der Waals surface area contributed by atoms with E-state index in [9.17, 15) is 0 Å². The summed E-state index contributed by atoms with van der Waals surface area (Å²) in [5, 5.41) is 6.91. The van der Waals surface area contributed by atoms with Gasteiger partial charge < -0.3 is 20.1 Å². The lowest BCUT2D eigenvalue weighted by Gasteiger charge is -2.35. The predicted molar refractivity (Wildman–Crippen MR) is 143 cm³/mol. The maximum absolute atomic E-state index is 6.07. The molecule has 7 heteroatoms. The standard InChI is InChI=1S/C25H42N4O2.HI/c1-3-23-10-5-6-14-29(23)15-13-27-25(26-4-2)28-19-21-8-7-9-22(18-21)20-31-24-11-16-30-17-12-24;/h7-9,18,23-24H,3-6,10-17,19-20H2,1-2H3,(H2,26,27,28);1H. The number of piperidine rings is 1. The predicted octanol–water partition coefficient (Wildman–Crippen LogP) is 4.32. The van der Waals surface area contributed by atoms with Gasteiger partial charge >= 0.3 is 0 Å². The van der Waals surface area contributed by atoms with Crippen molar-refractivity contribution in [3.05, 3.63) is 35.4 Å². The molecule has 182 valence electrons. The van der Waals surface area contributed by atoms with E-state index in [2.05, 4.69) is 53.6 Å². The van der Waals surface area contributed by atoms with Crippen LogP contribution in [0.4, 0.5) is 0 Å². The molecule has 2 saturated heterocycles. The minimum atomic E-state index is 0. The fourth-order valence-electron chi connectivity index (χ4n) is 4.52. The molecule has 0 aliphatic carbocycles. The van der Waals surface area contributed by atoms with Crippen molar-refractivity contribution in [2.75, 3.05) is 39.4 Å². The highest BCUT2D eigenvalue weighted by atomic mass is 127. The summed E-state index contributed by atoms with van der Waals surface area (Å²) in [6.07, 6.45) is 7.63. The molecule has 1 aromatic rings. The van der Waals surface area contributed by atoms with Gasteiger partial charge in [0.2, 0.25) is 0 Å². The molecule has 0 spiro atoms. The maximum atomic E-state index is 6.07. The van der Waals surface area contributed by atoms with Crippen LogP contribution in [0.15, 0.2) is 29.3 Å². The largest absolute Gasteiger partial charge is 0.381 e. The van der Waals surface area contributed by atoms with Crippen LogP contribution in [0.25, 0.3) is 0 Å². The number of nitrogens with zero attached hydrogens (tertiary/aromatic N) is 2. The summed E-state index contributed by atoms with van der Waals surface area (Å²) < 4.78 is 11.5. The molecule has 6 nitrogen and oxygen atoms in total. The summed E-state index contributed by atoms with van der Waals surface area (Å²) in [5.41, 5.74) is 2.43. The second-order valence-electron chi connectivity index (χ2n) is 8.66. The average molecular weight is 559 g/mol. The summed E-state index contributed by atoms with van der Waals surface area (Å²) >= 11 is 0. The average Bonchev–Trinajstić information content (AvgIpc) is 2.82. The van der Waals surface area contributed by atoms with Crippen molar-refractivity contribution in [1.29, 1.82) is 0 Å². The SMILES string of the molecule is CCNC(=NCc1cccc(COC2CCOCC2)c1)NCCN1CCCCC1CC.I. The first kappa shape index (κ1) is 27.3. The van der Waals surface area contributed by atoms with Crippen LogP contribution in [0.2, 0.25) is 0 Å². The Morgan fingerprint density at radius 2 is 1.94 bits per heavy atom. The Bertz CT molecular complexity index is 667. The van der Waals surface area contributed by atoms with Crippen LogP contribution < -0.4 is 10.6 Å². The van der Waals surface area contributed by atoms with Gasteiger partial charge in [-0.15, -0.1) is 24.0 Å². The summed E-state index contributed by atoms with van der Waals surface area (Å²) in [5.74, 6) is 0.899. The number of ether oxygens (including phenoxy) is 2. The summed E-state index contributed by atoms with van der Waals surface area (Å²) in [6, 6.07) is 9.35. The molecule has 2 heterocycles. The molecule has 0 amide bonds. The number of benzene rings is 1. The Morgan fingerprint density at radius 3 is 2.72 bits per heavy atom. The van der Waals surface area contributed by atoms with E-state index in [0.29, 0.717) is 19.3 Å². The number of halogens is 1. The van der Waals surface area contributed by atoms with Crippen LogP contribution in [0, 0.1) is 0 Å². The molecule has 2 fully saturated rings. The second-order valence-corrected chi connectivity index (χ2v) is 8.66. The molecule has 32 heavy (non-hydrogen) atoms. The number of hydrogen-bond acceptors (Lipinski definition) is 4. The third kappa shape index (κ3) is 9.53. The van der Waals surface area contributed by atoms with E-state index in [1.807, 2.05) is 0 Å². The van der Waals surface area contributed by atoms with Crippen molar-refractivity contribution in [1.82, 2.24) is 15.5 Å². The zero-order valence-corrected chi connectivity index (χ0v) is 22.3. The minimum Gasteiger partial charge on any atom is -0.381 e. The van der Waals surface area contributed by atoms with Gasteiger partial charge in [0.05, 0.1) is 19.3 Å². The van der Waals surface area contributed by atoms with Crippen LogP contribution in [-0.2, 0) is 22.6 Å². The fraction of sp³-hybridized carbons (Fsp3) is 0.720. The van der Waals surface area contributed by atoms with Crippen LogP contribution in [0.5, 0.6) is 0 Å². The van der Waals surface area contributed by atoms with Gasteiger partial charge in [0, 0.05) is 38.9 Å². The first-order valence-electron chi connectivity index (χ1n) is 12.3. The molecular formula is C25H43IN4O2. The van der Waals surface area contributed by atoms with Gasteiger partial charge in [0.1, 0.15) is 0 Å². The first-order valence-corrected chi connectivity index (χ1v) is 12.3. The Balaban J connectivity index is 0.00000363.